The average molecular weight is 320 g/mol. The SMILES string of the molecule is CCn1c(C)cc(C(=O)N[C@@H](C)c2cccc3ccccc23)c1C. The van der Waals surface area contributed by atoms with Crippen molar-refractivity contribution in [1.29, 1.82) is 0 Å². The minimum atomic E-state index is -0.0479. The highest BCUT2D eigenvalue weighted by Crippen LogP contribution is 2.25. The number of benzene rings is 2. The second-order valence-corrected chi connectivity index (χ2v) is 6.29. The van der Waals surface area contributed by atoms with E-state index < -0.39 is 0 Å². The van der Waals surface area contributed by atoms with Crippen LogP contribution in [-0.4, -0.2) is 10.5 Å². The lowest BCUT2D eigenvalue weighted by molar-refractivity contribution is 0.0939. The fourth-order valence-corrected chi connectivity index (χ4v) is 3.50. The van der Waals surface area contributed by atoms with E-state index in [1.54, 1.807) is 0 Å². The Morgan fingerprint density at radius 1 is 1.12 bits per heavy atom. The number of amides is 1. The molecule has 1 amide bonds. The number of nitrogens with zero attached hydrogens (tertiary/aromatic N) is 1. The molecule has 2 aromatic carbocycles. The van der Waals surface area contributed by atoms with Crippen molar-refractivity contribution < 1.29 is 4.79 Å². The van der Waals surface area contributed by atoms with E-state index in [-0.39, 0.29) is 11.9 Å². The van der Waals surface area contributed by atoms with E-state index in [1.807, 2.05) is 45.0 Å². The number of aryl methyl sites for hydroxylation is 1. The topological polar surface area (TPSA) is 34.0 Å². The molecule has 0 saturated carbocycles. The summed E-state index contributed by atoms with van der Waals surface area (Å²) in [5.41, 5.74) is 4.06. The largest absolute Gasteiger partial charge is 0.349 e. The molecule has 0 spiro atoms. The van der Waals surface area contributed by atoms with Crippen LogP contribution in [-0.2, 0) is 6.54 Å². The van der Waals surface area contributed by atoms with Crippen molar-refractivity contribution in [1.82, 2.24) is 9.88 Å². The highest BCUT2D eigenvalue weighted by molar-refractivity contribution is 5.96. The van der Waals surface area contributed by atoms with Crippen LogP contribution in [0.5, 0.6) is 0 Å². The Balaban J connectivity index is 1.89. The van der Waals surface area contributed by atoms with Crippen molar-refractivity contribution >= 4 is 16.7 Å². The molecule has 124 valence electrons. The Hall–Kier alpha value is -2.55. The van der Waals surface area contributed by atoms with Crippen LogP contribution in [0, 0.1) is 13.8 Å². The first kappa shape index (κ1) is 16.3. The van der Waals surface area contributed by atoms with E-state index in [4.69, 9.17) is 0 Å². The van der Waals surface area contributed by atoms with Crippen molar-refractivity contribution in [2.24, 2.45) is 0 Å². The lowest BCUT2D eigenvalue weighted by Crippen LogP contribution is -2.27. The normalized spacial score (nSPS) is 12.3. The molecule has 0 saturated heterocycles. The van der Waals surface area contributed by atoms with E-state index in [1.165, 1.54) is 10.8 Å². The zero-order valence-corrected chi connectivity index (χ0v) is 14.8. The molecule has 3 aromatic rings. The molecule has 0 bridgehead atoms. The summed E-state index contributed by atoms with van der Waals surface area (Å²) in [5, 5.41) is 5.54. The molecule has 1 aromatic heterocycles. The predicted octanol–water partition coefficient (Wildman–Crippen LogP) is 4.77. The molecule has 0 unspecified atom stereocenters. The number of nitrogens with one attached hydrogen (secondary N) is 1. The van der Waals surface area contributed by atoms with Gasteiger partial charge in [0.15, 0.2) is 0 Å². The first-order chi connectivity index (χ1) is 11.5. The van der Waals surface area contributed by atoms with Gasteiger partial charge in [0.1, 0.15) is 0 Å². The predicted molar refractivity (Wildman–Crippen MR) is 99.4 cm³/mol. The van der Waals surface area contributed by atoms with Crippen LogP contribution in [0.25, 0.3) is 10.8 Å². The fraction of sp³-hybridized carbons (Fsp3) is 0.286. The minimum absolute atomic E-state index is 0.0109. The molecule has 0 aliphatic rings. The van der Waals surface area contributed by atoms with Gasteiger partial charge >= 0.3 is 0 Å². The van der Waals surface area contributed by atoms with E-state index in [0.717, 1.165) is 29.1 Å². The lowest BCUT2D eigenvalue weighted by atomic mass is 9.99. The van der Waals surface area contributed by atoms with Crippen molar-refractivity contribution in [2.45, 2.75) is 40.3 Å². The number of carbonyl (C=O) groups excluding carboxylic acids is 1. The van der Waals surface area contributed by atoms with Gasteiger partial charge in [-0.05, 0) is 50.1 Å². The Bertz CT molecular complexity index is 887. The molecule has 24 heavy (non-hydrogen) atoms. The highest BCUT2D eigenvalue weighted by atomic mass is 16.1. The second kappa shape index (κ2) is 6.52. The van der Waals surface area contributed by atoms with Gasteiger partial charge in [0.2, 0.25) is 0 Å². The van der Waals surface area contributed by atoms with Crippen LogP contribution in [0.1, 0.15) is 47.2 Å². The lowest BCUT2D eigenvalue weighted by Gasteiger charge is -2.17. The summed E-state index contributed by atoms with van der Waals surface area (Å²) in [6, 6.07) is 16.4. The summed E-state index contributed by atoms with van der Waals surface area (Å²) in [6.45, 7) is 9.07. The third kappa shape index (κ3) is 2.82. The molecule has 3 nitrogen and oxygen atoms in total. The molecule has 3 heteroatoms. The van der Waals surface area contributed by atoms with E-state index in [2.05, 4.69) is 41.1 Å². The van der Waals surface area contributed by atoms with Gasteiger partial charge in [0.25, 0.3) is 5.91 Å². The van der Waals surface area contributed by atoms with Crippen LogP contribution in [0.4, 0.5) is 0 Å². The fourth-order valence-electron chi connectivity index (χ4n) is 3.50. The molecule has 1 atom stereocenters. The molecule has 1 N–H and O–H groups in total. The smallest absolute Gasteiger partial charge is 0.253 e. The number of hydrogen-bond donors (Lipinski definition) is 1. The second-order valence-electron chi connectivity index (χ2n) is 6.29. The number of hydrogen-bond acceptors (Lipinski definition) is 1. The Kier molecular flexibility index (Phi) is 4.43. The van der Waals surface area contributed by atoms with Gasteiger partial charge in [-0.1, -0.05) is 42.5 Å². The highest BCUT2D eigenvalue weighted by Gasteiger charge is 2.18. The summed E-state index contributed by atoms with van der Waals surface area (Å²) < 4.78 is 2.16. The third-order valence-corrected chi connectivity index (χ3v) is 4.77. The van der Waals surface area contributed by atoms with Crippen LogP contribution in [0.2, 0.25) is 0 Å². The van der Waals surface area contributed by atoms with E-state index in [0.29, 0.717) is 0 Å². The van der Waals surface area contributed by atoms with E-state index >= 15 is 0 Å². The van der Waals surface area contributed by atoms with Crippen molar-refractivity contribution in [3.05, 3.63) is 71.0 Å². The number of fused-ring (bicyclic) bond motifs is 1. The molecule has 3 rings (SSSR count). The summed E-state index contributed by atoms with van der Waals surface area (Å²) in [6.07, 6.45) is 0. The number of aromatic nitrogens is 1. The molecular formula is C21H24N2O. The van der Waals surface area contributed by atoms with Crippen LogP contribution in [0.15, 0.2) is 48.5 Å². The first-order valence-electron chi connectivity index (χ1n) is 8.48. The summed E-state index contributed by atoms with van der Waals surface area (Å²) in [4.78, 5) is 12.7. The van der Waals surface area contributed by atoms with E-state index in [9.17, 15) is 4.79 Å². The molecule has 0 aliphatic heterocycles. The standard InChI is InChI=1S/C21H24N2O/c1-5-23-14(2)13-20(16(23)4)21(24)22-15(3)18-12-8-10-17-9-6-7-11-19(17)18/h6-13,15H,5H2,1-4H3,(H,22,24)/t15-/m0/s1. The minimum Gasteiger partial charge on any atom is -0.349 e. The van der Waals surface area contributed by atoms with Crippen molar-refractivity contribution in [3.8, 4) is 0 Å². The molecule has 0 fully saturated rings. The van der Waals surface area contributed by atoms with Crippen molar-refractivity contribution in [2.75, 3.05) is 0 Å². The van der Waals surface area contributed by atoms with Gasteiger partial charge in [0.05, 0.1) is 11.6 Å². The van der Waals surface area contributed by atoms with Crippen LogP contribution in [0.3, 0.4) is 0 Å². The summed E-state index contributed by atoms with van der Waals surface area (Å²) >= 11 is 0. The average Bonchev–Trinajstić information content (AvgIpc) is 2.88. The molecular weight excluding hydrogens is 296 g/mol. The third-order valence-electron chi connectivity index (χ3n) is 4.77. The Labute approximate surface area is 143 Å². The maximum absolute atomic E-state index is 12.7. The molecule has 0 aliphatic carbocycles. The zero-order chi connectivity index (χ0) is 17.3. The van der Waals surface area contributed by atoms with Gasteiger partial charge < -0.3 is 9.88 Å². The first-order valence-corrected chi connectivity index (χ1v) is 8.48. The van der Waals surface area contributed by atoms with Crippen LogP contribution >= 0.6 is 0 Å². The number of rotatable bonds is 4. The summed E-state index contributed by atoms with van der Waals surface area (Å²) in [5.74, 6) is -0.0109. The van der Waals surface area contributed by atoms with Crippen LogP contribution < -0.4 is 5.32 Å². The quantitative estimate of drug-likeness (QED) is 0.738. The van der Waals surface area contributed by atoms with Gasteiger partial charge in [-0.25, -0.2) is 0 Å². The Morgan fingerprint density at radius 3 is 2.54 bits per heavy atom. The monoisotopic (exact) mass is 320 g/mol. The maximum atomic E-state index is 12.7. The zero-order valence-electron chi connectivity index (χ0n) is 14.8. The van der Waals surface area contributed by atoms with Gasteiger partial charge in [-0.3, -0.25) is 4.79 Å². The van der Waals surface area contributed by atoms with Gasteiger partial charge in [-0.15, -0.1) is 0 Å². The summed E-state index contributed by atoms with van der Waals surface area (Å²) in [7, 11) is 0. The van der Waals surface area contributed by atoms with Gasteiger partial charge in [0, 0.05) is 17.9 Å². The Morgan fingerprint density at radius 2 is 1.83 bits per heavy atom. The molecule has 1 heterocycles. The maximum Gasteiger partial charge on any atom is 0.253 e. The van der Waals surface area contributed by atoms with Gasteiger partial charge in [-0.2, -0.15) is 0 Å². The van der Waals surface area contributed by atoms with Crippen molar-refractivity contribution in [3.63, 3.8) is 0 Å². The molecule has 0 radical (unpaired) electrons. The number of carbonyl (C=O) groups is 1.